The van der Waals surface area contributed by atoms with Crippen LogP contribution in [-0.2, 0) is 0 Å². The number of hydrazine groups is 1. The lowest BCUT2D eigenvalue weighted by atomic mass is 9.75. The summed E-state index contributed by atoms with van der Waals surface area (Å²) < 4.78 is 0. The third-order valence-corrected chi connectivity index (χ3v) is 4.43. The van der Waals surface area contributed by atoms with Gasteiger partial charge in [0, 0.05) is 44.7 Å². The molecule has 1 saturated heterocycles. The molecule has 2 aliphatic rings. The lowest BCUT2D eigenvalue weighted by Crippen LogP contribution is -2.54. The van der Waals surface area contributed by atoms with Gasteiger partial charge in [0.25, 0.3) is 0 Å². The van der Waals surface area contributed by atoms with Crippen molar-refractivity contribution in [2.24, 2.45) is 5.41 Å². The second kappa shape index (κ2) is 6.14. The van der Waals surface area contributed by atoms with E-state index in [2.05, 4.69) is 22.4 Å². The van der Waals surface area contributed by atoms with Gasteiger partial charge in [0.05, 0.1) is 0 Å². The summed E-state index contributed by atoms with van der Waals surface area (Å²) >= 11 is 0. The van der Waals surface area contributed by atoms with E-state index in [1.165, 1.54) is 32.1 Å². The Hall–Kier alpha value is -0.160. The van der Waals surface area contributed by atoms with Crippen LogP contribution in [0, 0.1) is 5.41 Å². The molecule has 17 heavy (non-hydrogen) atoms. The van der Waals surface area contributed by atoms with E-state index < -0.39 is 0 Å². The highest BCUT2D eigenvalue weighted by molar-refractivity contribution is 4.84. The molecule has 1 aliphatic heterocycles. The van der Waals surface area contributed by atoms with Gasteiger partial charge in [0.15, 0.2) is 0 Å². The molecule has 1 saturated carbocycles. The molecule has 2 N–H and O–H groups in total. The van der Waals surface area contributed by atoms with Gasteiger partial charge >= 0.3 is 0 Å². The molecular weight excluding hydrogens is 214 g/mol. The van der Waals surface area contributed by atoms with Crippen LogP contribution in [0.1, 0.15) is 32.1 Å². The highest BCUT2D eigenvalue weighted by Crippen LogP contribution is 2.35. The van der Waals surface area contributed by atoms with Crippen molar-refractivity contribution in [1.82, 2.24) is 15.3 Å². The Morgan fingerprint density at radius 2 is 1.71 bits per heavy atom. The van der Waals surface area contributed by atoms with Crippen molar-refractivity contribution in [3.63, 3.8) is 0 Å². The minimum atomic E-state index is 0.154. The largest absolute Gasteiger partial charge is 0.396 e. The fourth-order valence-corrected chi connectivity index (χ4v) is 2.94. The molecule has 0 aromatic heterocycles. The smallest absolute Gasteiger partial charge is 0.0500 e. The number of nitrogens with zero attached hydrogens (tertiary/aromatic N) is 2. The van der Waals surface area contributed by atoms with Crippen LogP contribution < -0.4 is 5.43 Å². The SMILES string of the molecule is CN1CCN(NCC2(CO)CCCCC2)CC1. The zero-order chi connectivity index (χ0) is 12.1. The van der Waals surface area contributed by atoms with Crippen LogP contribution in [0.3, 0.4) is 0 Å². The van der Waals surface area contributed by atoms with Crippen molar-refractivity contribution in [2.75, 3.05) is 46.4 Å². The van der Waals surface area contributed by atoms with Gasteiger partial charge in [-0.05, 0) is 19.9 Å². The molecule has 0 aromatic carbocycles. The van der Waals surface area contributed by atoms with E-state index in [0.717, 1.165) is 32.7 Å². The van der Waals surface area contributed by atoms with Crippen LogP contribution in [0.25, 0.3) is 0 Å². The zero-order valence-corrected chi connectivity index (χ0v) is 11.1. The summed E-state index contributed by atoms with van der Waals surface area (Å²) in [5.41, 5.74) is 3.70. The number of hydrogen-bond donors (Lipinski definition) is 2. The predicted octanol–water partition coefficient (Wildman–Crippen LogP) is 0.681. The van der Waals surface area contributed by atoms with Crippen LogP contribution in [0.4, 0.5) is 0 Å². The Morgan fingerprint density at radius 3 is 2.29 bits per heavy atom. The Kier molecular flexibility index (Phi) is 4.79. The molecule has 2 fully saturated rings. The van der Waals surface area contributed by atoms with Gasteiger partial charge < -0.3 is 10.0 Å². The summed E-state index contributed by atoms with van der Waals surface area (Å²) in [4.78, 5) is 2.36. The maximum atomic E-state index is 9.65. The number of nitrogens with one attached hydrogen (secondary N) is 1. The molecule has 0 bridgehead atoms. The van der Waals surface area contributed by atoms with Crippen molar-refractivity contribution in [3.8, 4) is 0 Å². The predicted molar refractivity (Wildman–Crippen MR) is 69.7 cm³/mol. The molecule has 0 radical (unpaired) electrons. The van der Waals surface area contributed by atoms with Crippen LogP contribution in [0.2, 0.25) is 0 Å². The zero-order valence-electron chi connectivity index (χ0n) is 11.1. The molecule has 0 spiro atoms. The fourth-order valence-electron chi connectivity index (χ4n) is 2.94. The minimum absolute atomic E-state index is 0.154. The van der Waals surface area contributed by atoms with Gasteiger partial charge in [0.1, 0.15) is 0 Å². The molecule has 0 unspecified atom stereocenters. The van der Waals surface area contributed by atoms with Crippen LogP contribution in [0.15, 0.2) is 0 Å². The highest BCUT2D eigenvalue weighted by atomic mass is 16.3. The van der Waals surface area contributed by atoms with Gasteiger partial charge in [-0.2, -0.15) is 0 Å². The van der Waals surface area contributed by atoms with Gasteiger partial charge in [-0.25, -0.2) is 5.01 Å². The lowest BCUT2D eigenvalue weighted by Gasteiger charge is -2.39. The number of piperazine rings is 1. The summed E-state index contributed by atoms with van der Waals surface area (Å²) in [5, 5.41) is 12.0. The molecule has 100 valence electrons. The molecule has 1 aliphatic carbocycles. The lowest BCUT2D eigenvalue weighted by molar-refractivity contribution is 0.0354. The fraction of sp³-hybridized carbons (Fsp3) is 1.00. The first kappa shape index (κ1) is 13.3. The first-order chi connectivity index (χ1) is 8.24. The monoisotopic (exact) mass is 241 g/mol. The highest BCUT2D eigenvalue weighted by Gasteiger charge is 2.31. The molecule has 0 amide bonds. The van der Waals surface area contributed by atoms with Gasteiger partial charge in [-0.1, -0.05) is 19.3 Å². The molecule has 4 nitrogen and oxygen atoms in total. The first-order valence-corrected chi connectivity index (χ1v) is 7.02. The quantitative estimate of drug-likeness (QED) is 0.759. The van der Waals surface area contributed by atoms with Crippen LogP contribution >= 0.6 is 0 Å². The van der Waals surface area contributed by atoms with E-state index in [0.29, 0.717) is 6.61 Å². The Balaban J connectivity index is 1.75. The normalized spacial score (nSPS) is 27.2. The summed E-state index contributed by atoms with van der Waals surface area (Å²) in [7, 11) is 2.17. The molecule has 4 heteroatoms. The summed E-state index contributed by atoms with van der Waals surface area (Å²) in [5.74, 6) is 0. The number of rotatable bonds is 4. The number of aliphatic hydroxyl groups excluding tert-OH is 1. The first-order valence-electron chi connectivity index (χ1n) is 7.02. The van der Waals surface area contributed by atoms with Crippen LogP contribution in [-0.4, -0.2) is 61.4 Å². The van der Waals surface area contributed by atoms with E-state index in [9.17, 15) is 5.11 Å². The van der Waals surface area contributed by atoms with E-state index in [1.807, 2.05) is 0 Å². The molecular formula is C13H27N3O. The second-order valence-corrected chi connectivity index (χ2v) is 5.84. The van der Waals surface area contributed by atoms with E-state index in [4.69, 9.17) is 0 Å². The van der Waals surface area contributed by atoms with Crippen molar-refractivity contribution in [2.45, 2.75) is 32.1 Å². The Morgan fingerprint density at radius 1 is 1.06 bits per heavy atom. The van der Waals surface area contributed by atoms with Crippen molar-refractivity contribution in [1.29, 1.82) is 0 Å². The maximum absolute atomic E-state index is 9.65. The molecule has 0 aromatic rings. The van der Waals surface area contributed by atoms with E-state index in [-0.39, 0.29) is 5.41 Å². The van der Waals surface area contributed by atoms with Crippen molar-refractivity contribution in [3.05, 3.63) is 0 Å². The van der Waals surface area contributed by atoms with Crippen molar-refractivity contribution < 1.29 is 5.11 Å². The number of hydrogen-bond acceptors (Lipinski definition) is 4. The topological polar surface area (TPSA) is 38.7 Å². The van der Waals surface area contributed by atoms with Crippen molar-refractivity contribution >= 4 is 0 Å². The summed E-state index contributed by atoms with van der Waals surface area (Å²) in [6, 6.07) is 0. The summed E-state index contributed by atoms with van der Waals surface area (Å²) in [6.07, 6.45) is 6.28. The minimum Gasteiger partial charge on any atom is -0.396 e. The Bertz CT molecular complexity index is 221. The average molecular weight is 241 g/mol. The summed E-state index contributed by atoms with van der Waals surface area (Å²) in [6.45, 7) is 5.76. The van der Waals surface area contributed by atoms with E-state index in [1.54, 1.807) is 0 Å². The van der Waals surface area contributed by atoms with Gasteiger partial charge in [-0.15, -0.1) is 0 Å². The molecule has 2 rings (SSSR count). The van der Waals surface area contributed by atoms with E-state index >= 15 is 0 Å². The average Bonchev–Trinajstić information content (AvgIpc) is 2.39. The number of aliphatic hydroxyl groups is 1. The number of likely N-dealkylation sites (N-methyl/N-ethyl adjacent to an activating group) is 1. The Labute approximate surface area is 105 Å². The van der Waals surface area contributed by atoms with Crippen LogP contribution in [0.5, 0.6) is 0 Å². The maximum Gasteiger partial charge on any atom is 0.0500 e. The molecule has 0 atom stereocenters. The second-order valence-electron chi connectivity index (χ2n) is 5.84. The van der Waals surface area contributed by atoms with Gasteiger partial charge in [0.2, 0.25) is 0 Å². The molecule has 1 heterocycles. The third kappa shape index (κ3) is 3.65. The van der Waals surface area contributed by atoms with Gasteiger partial charge in [-0.3, -0.25) is 5.43 Å². The standard InChI is InChI=1S/C13H27N3O/c1-15-7-9-16(10-8-15)14-11-13(12-17)5-3-2-4-6-13/h14,17H,2-12H2,1H3. The third-order valence-electron chi connectivity index (χ3n) is 4.43.